The Morgan fingerprint density at radius 2 is 1.80 bits per heavy atom. The van der Waals surface area contributed by atoms with Crippen molar-refractivity contribution in [3.05, 3.63) is 29.8 Å². The quantitative estimate of drug-likeness (QED) is 0.810. The van der Waals surface area contributed by atoms with Gasteiger partial charge in [-0.25, -0.2) is 0 Å². The summed E-state index contributed by atoms with van der Waals surface area (Å²) in [5.41, 5.74) is 2.72. The van der Waals surface area contributed by atoms with Crippen LogP contribution in [0.2, 0.25) is 0 Å². The largest absolute Gasteiger partial charge is 0.381 e. The molecular weight excluding hydrogens is 246 g/mol. The highest BCUT2D eigenvalue weighted by atomic mass is 16.5. The predicted molar refractivity (Wildman–Crippen MR) is 81.8 cm³/mol. The van der Waals surface area contributed by atoms with Gasteiger partial charge in [-0.05, 0) is 37.7 Å². The van der Waals surface area contributed by atoms with E-state index >= 15 is 0 Å². The average molecular weight is 271 g/mol. The molecule has 0 radical (unpaired) electrons. The van der Waals surface area contributed by atoms with Gasteiger partial charge in [-0.2, -0.15) is 0 Å². The van der Waals surface area contributed by atoms with Gasteiger partial charge >= 0.3 is 0 Å². The minimum absolute atomic E-state index is 0.341. The van der Waals surface area contributed by atoms with Crippen LogP contribution in [-0.2, 0) is 4.74 Å². The van der Waals surface area contributed by atoms with Gasteiger partial charge in [0.1, 0.15) is 0 Å². The summed E-state index contributed by atoms with van der Waals surface area (Å²) in [6.45, 7) is 0.937. The fourth-order valence-corrected chi connectivity index (χ4v) is 4.62. The fourth-order valence-electron chi connectivity index (χ4n) is 4.62. The zero-order valence-corrected chi connectivity index (χ0v) is 12.2. The molecule has 1 saturated carbocycles. The van der Waals surface area contributed by atoms with Crippen LogP contribution in [0.3, 0.4) is 0 Å². The molecule has 0 amide bonds. The summed E-state index contributed by atoms with van der Waals surface area (Å²) in [5, 5.41) is 3.89. The van der Waals surface area contributed by atoms with E-state index in [-0.39, 0.29) is 0 Å². The maximum atomic E-state index is 6.19. The molecule has 20 heavy (non-hydrogen) atoms. The molecule has 1 saturated heterocycles. The lowest BCUT2D eigenvalue weighted by Gasteiger charge is -2.47. The van der Waals surface area contributed by atoms with Crippen molar-refractivity contribution >= 4 is 5.69 Å². The van der Waals surface area contributed by atoms with Crippen LogP contribution in [-0.4, -0.2) is 12.6 Å². The molecule has 4 rings (SSSR count). The van der Waals surface area contributed by atoms with Crippen molar-refractivity contribution < 1.29 is 4.74 Å². The van der Waals surface area contributed by atoms with E-state index < -0.39 is 0 Å². The molecule has 2 heteroatoms. The first-order chi connectivity index (χ1) is 9.93. The first-order valence-corrected chi connectivity index (χ1v) is 8.40. The SMILES string of the molecule is c1ccc2c(c1)N[C@H](C1CCCCC1)[C@@H]1CCCO[C@H]21. The summed E-state index contributed by atoms with van der Waals surface area (Å²) in [6.07, 6.45) is 9.98. The number of nitrogens with one attached hydrogen (secondary N) is 1. The molecule has 1 N–H and O–H groups in total. The molecule has 1 aliphatic carbocycles. The molecule has 1 aromatic rings. The van der Waals surface area contributed by atoms with Crippen LogP contribution in [0, 0.1) is 11.8 Å². The van der Waals surface area contributed by atoms with Crippen molar-refractivity contribution in [3.63, 3.8) is 0 Å². The van der Waals surface area contributed by atoms with Crippen molar-refractivity contribution in [2.45, 2.75) is 57.1 Å². The molecule has 0 aromatic heterocycles. The molecule has 2 heterocycles. The summed E-state index contributed by atoms with van der Waals surface area (Å²) in [7, 11) is 0. The van der Waals surface area contributed by atoms with Gasteiger partial charge in [-0.3, -0.25) is 0 Å². The zero-order chi connectivity index (χ0) is 13.4. The maximum absolute atomic E-state index is 6.19. The fraction of sp³-hybridized carbons (Fsp3) is 0.667. The second-order valence-corrected chi connectivity index (χ2v) is 6.75. The second-order valence-electron chi connectivity index (χ2n) is 6.75. The number of anilines is 1. The third-order valence-corrected chi connectivity index (χ3v) is 5.58. The smallest absolute Gasteiger partial charge is 0.0892 e. The molecule has 2 aliphatic heterocycles. The van der Waals surface area contributed by atoms with Crippen LogP contribution >= 0.6 is 0 Å². The minimum Gasteiger partial charge on any atom is -0.381 e. The lowest BCUT2D eigenvalue weighted by molar-refractivity contribution is -0.0458. The number of benzene rings is 1. The Morgan fingerprint density at radius 3 is 2.70 bits per heavy atom. The highest BCUT2D eigenvalue weighted by molar-refractivity contribution is 5.56. The molecule has 3 atom stereocenters. The number of fused-ring (bicyclic) bond motifs is 3. The van der Waals surface area contributed by atoms with Crippen LogP contribution in [0.5, 0.6) is 0 Å². The van der Waals surface area contributed by atoms with Crippen molar-refractivity contribution in [2.24, 2.45) is 11.8 Å². The molecule has 1 aromatic carbocycles. The number of para-hydroxylation sites is 1. The van der Waals surface area contributed by atoms with E-state index in [0.717, 1.165) is 12.5 Å². The highest BCUT2D eigenvalue weighted by Crippen LogP contribution is 2.47. The van der Waals surface area contributed by atoms with E-state index in [1.54, 1.807) is 0 Å². The van der Waals surface area contributed by atoms with Crippen LogP contribution in [0.25, 0.3) is 0 Å². The van der Waals surface area contributed by atoms with Gasteiger partial charge in [0.25, 0.3) is 0 Å². The van der Waals surface area contributed by atoms with Crippen LogP contribution in [0.4, 0.5) is 5.69 Å². The van der Waals surface area contributed by atoms with Gasteiger partial charge < -0.3 is 10.1 Å². The summed E-state index contributed by atoms with van der Waals surface area (Å²) < 4.78 is 6.19. The maximum Gasteiger partial charge on any atom is 0.0892 e. The third-order valence-electron chi connectivity index (χ3n) is 5.58. The standard InChI is InChI=1S/C18H25NO/c1-2-7-13(8-3-1)17-15-10-6-12-20-18(15)14-9-4-5-11-16(14)19-17/h4-5,9,11,13,15,17-19H,1-3,6-8,10,12H2/t15-,17+,18+/m0/s1. The highest BCUT2D eigenvalue weighted by Gasteiger charge is 2.42. The first kappa shape index (κ1) is 12.7. The van der Waals surface area contributed by atoms with Gasteiger partial charge in [-0.1, -0.05) is 37.5 Å². The van der Waals surface area contributed by atoms with E-state index in [1.165, 1.54) is 56.2 Å². The predicted octanol–water partition coefficient (Wildman–Crippen LogP) is 4.53. The Balaban J connectivity index is 1.66. The Bertz CT molecular complexity index is 466. The van der Waals surface area contributed by atoms with Crippen molar-refractivity contribution in [3.8, 4) is 0 Å². The topological polar surface area (TPSA) is 21.3 Å². The van der Waals surface area contributed by atoms with E-state index in [4.69, 9.17) is 4.74 Å². The Kier molecular flexibility index (Phi) is 3.43. The summed E-state index contributed by atoms with van der Waals surface area (Å²) in [5.74, 6) is 1.54. The monoisotopic (exact) mass is 271 g/mol. The summed E-state index contributed by atoms with van der Waals surface area (Å²) >= 11 is 0. The molecule has 0 unspecified atom stereocenters. The van der Waals surface area contributed by atoms with Crippen molar-refractivity contribution in [1.82, 2.24) is 0 Å². The zero-order valence-electron chi connectivity index (χ0n) is 12.2. The number of hydrogen-bond donors (Lipinski definition) is 1. The summed E-state index contributed by atoms with van der Waals surface area (Å²) in [4.78, 5) is 0. The van der Waals surface area contributed by atoms with Gasteiger partial charge in [0.15, 0.2) is 0 Å². The van der Waals surface area contributed by atoms with Gasteiger partial charge in [0, 0.05) is 29.8 Å². The summed E-state index contributed by atoms with van der Waals surface area (Å²) in [6, 6.07) is 9.42. The molecule has 108 valence electrons. The van der Waals surface area contributed by atoms with E-state index in [2.05, 4.69) is 29.6 Å². The second kappa shape index (κ2) is 5.40. The normalized spacial score (nSPS) is 33.9. The molecule has 3 aliphatic rings. The van der Waals surface area contributed by atoms with Crippen LogP contribution in [0.15, 0.2) is 24.3 Å². The van der Waals surface area contributed by atoms with Crippen molar-refractivity contribution in [2.75, 3.05) is 11.9 Å². The lowest BCUT2D eigenvalue weighted by atomic mass is 9.71. The molecule has 2 fully saturated rings. The van der Waals surface area contributed by atoms with Gasteiger partial charge in [0.2, 0.25) is 0 Å². The first-order valence-electron chi connectivity index (χ1n) is 8.40. The van der Waals surface area contributed by atoms with Crippen molar-refractivity contribution in [1.29, 1.82) is 0 Å². The molecule has 0 spiro atoms. The lowest BCUT2D eigenvalue weighted by Crippen LogP contribution is -2.46. The van der Waals surface area contributed by atoms with Crippen LogP contribution in [0.1, 0.15) is 56.6 Å². The number of hydrogen-bond acceptors (Lipinski definition) is 2. The molecular formula is C18H25NO. The average Bonchev–Trinajstić information content (AvgIpc) is 2.55. The van der Waals surface area contributed by atoms with Gasteiger partial charge in [0.05, 0.1) is 6.10 Å². The molecule has 2 nitrogen and oxygen atoms in total. The van der Waals surface area contributed by atoms with Gasteiger partial charge in [-0.15, -0.1) is 0 Å². The van der Waals surface area contributed by atoms with Crippen LogP contribution < -0.4 is 5.32 Å². The number of rotatable bonds is 1. The Labute approximate surface area is 121 Å². The van der Waals surface area contributed by atoms with E-state index in [9.17, 15) is 0 Å². The molecule has 0 bridgehead atoms. The Hall–Kier alpha value is -1.02. The Morgan fingerprint density at radius 1 is 0.950 bits per heavy atom. The van der Waals surface area contributed by atoms with E-state index in [0.29, 0.717) is 18.1 Å². The minimum atomic E-state index is 0.341. The van der Waals surface area contributed by atoms with E-state index in [1.807, 2.05) is 0 Å². The third kappa shape index (κ3) is 2.14. The number of ether oxygens (including phenoxy) is 1.